The summed E-state index contributed by atoms with van der Waals surface area (Å²) in [5.74, 6) is -1.32. The third kappa shape index (κ3) is 2.73. The molecular formula is C13H9F6NO3. The Bertz CT molecular complexity index is 622. The molecule has 1 heterocycles. The van der Waals surface area contributed by atoms with Crippen LogP contribution in [0.4, 0.5) is 26.3 Å². The first-order valence-electron chi connectivity index (χ1n) is 6.06. The standard InChI is InChI=1S/C13H9F6NO3/c1-22-10(21)9-11(13(17,18)19,23-6-20-9)7-2-4-8(5-3-7)12(14,15)16/h2-6,9H,1H3/t9-,11+/m0/s1. The zero-order chi connectivity index (χ0) is 17.5. The number of carbonyl (C=O) groups excluding carboxylic acids is 1. The summed E-state index contributed by atoms with van der Waals surface area (Å²) in [5, 5.41) is 0. The molecule has 10 heteroatoms. The normalized spacial score (nSPS) is 24.4. The van der Waals surface area contributed by atoms with Gasteiger partial charge in [-0.1, -0.05) is 12.1 Å². The molecule has 1 aromatic carbocycles. The number of nitrogens with zero attached hydrogens (tertiary/aromatic N) is 1. The van der Waals surface area contributed by atoms with E-state index in [0.29, 0.717) is 30.7 Å². The Labute approximate surface area is 125 Å². The van der Waals surface area contributed by atoms with Gasteiger partial charge in [-0.25, -0.2) is 9.79 Å². The predicted octanol–water partition coefficient (Wildman–Crippen LogP) is 3.06. The second-order valence-corrected chi connectivity index (χ2v) is 4.61. The van der Waals surface area contributed by atoms with E-state index in [1.807, 2.05) is 0 Å². The molecule has 0 saturated carbocycles. The van der Waals surface area contributed by atoms with Crippen molar-refractivity contribution in [3.63, 3.8) is 0 Å². The highest BCUT2D eigenvalue weighted by Crippen LogP contribution is 2.48. The molecule has 0 fully saturated rings. The zero-order valence-corrected chi connectivity index (χ0v) is 11.4. The lowest BCUT2D eigenvalue weighted by Gasteiger charge is -2.33. The van der Waals surface area contributed by atoms with Crippen LogP contribution >= 0.6 is 0 Å². The van der Waals surface area contributed by atoms with Crippen LogP contribution in [0.3, 0.4) is 0 Å². The molecule has 1 aromatic rings. The monoisotopic (exact) mass is 341 g/mol. The first-order valence-corrected chi connectivity index (χ1v) is 6.06. The van der Waals surface area contributed by atoms with Gasteiger partial charge in [0.1, 0.15) is 0 Å². The van der Waals surface area contributed by atoms with E-state index in [2.05, 4.69) is 14.5 Å². The summed E-state index contributed by atoms with van der Waals surface area (Å²) in [6.45, 7) is 0. The van der Waals surface area contributed by atoms with Crippen molar-refractivity contribution < 1.29 is 40.6 Å². The van der Waals surface area contributed by atoms with E-state index >= 15 is 0 Å². The minimum Gasteiger partial charge on any atom is -0.467 e. The lowest BCUT2D eigenvalue weighted by atomic mass is 9.85. The summed E-state index contributed by atoms with van der Waals surface area (Å²) in [5.41, 5.74) is -5.05. The fourth-order valence-corrected chi connectivity index (χ4v) is 2.20. The van der Waals surface area contributed by atoms with Gasteiger partial charge in [-0.2, -0.15) is 26.3 Å². The van der Waals surface area contributed by atoms with Gasteiger partial charge in [0.05, 0.1) is 12.7 Å². The highest BCUT2D eigenvalue weighted by molar-refractivity contribution is 5.81. The van der Waals surface area contributed by atoms with Gasteiger partial charge < -0.3 is 9.47 Å². The second kappa shape index (κ2) is 5.43. The van der Waals surface area contributed by atoms with Gasteiger partial charge in [0.2, 0.25) is 6.04 Å². The molecule has 0 radical (unpaired) electrons. The van der Waals surface area contributed by atoms with Gasteiger partial charge in [-0.3, -0.25) is 0 Å². The Balaban J connectivity index is 2.55. The van der Waals surface area contributed by atoms with E-state index in [4.69, 9.17) is 0 Å². The largest absolute Gasteiger partial charge is 0.467 e. The average molecular weight is 341 g/mol. The summed E-state index contributed by atoms with van der Waals surface area (Å²) >= 11 is 0. The van der Waals surface area contributed by atoms with Crippen LogP contribution in [0, 0.1) is 0 Å². The quantitative estimate of drug-likeness (QED) is 0.614. The van der Waals surface area contributed by atoms with Crippen molar-refractivity contribution in [2.24, 2.45) is 4.99 Å². The van der Waals surface area contributed by atoms with E-state index < -0.39 is 41.1 Å². The minimum absolute atomic E-state index is 0.437. The van der Waals surface area contributed by atoms with Crippen molar-refractivity contribution in [1.29, 1.82) is 0 Å². The first kappa shape index (κ1) is 17.1. The van der Waals surface area contributed by atoms with Crippen molar-refractivity contribution in [2.75, 3.05) is 7.11 Å². The Morgan fingerprint density at radius 2 is 1.74 bits per heavy atom. The molecule has 0 amide bonds. The molecule has 0 bridgehead atoms. The number of halogens is 6. The van der Waals surface area contributed by atoms with E-state index in [9.17, 15) is 31.1 Å². The molecule has 0 spiro atoms. The molecular weight excluding hydrogens is 332 g/mol. The Morgan fingerprint density at radius 1 is 1.17 bits per heavy atom. The number of ether oxygens (including phenoxy) is 2. The number of hydrogen-bond acceptors (Lipinski definition) is 4. The first-order chi connectivity index (χ1) is 10.5. The van der Waals surface area contributed by atoms with Crippen LogP contribution in [0.1, 0.15) is 11.1 Å². The third-order valence-electron chi connectivity index (χ3n) is 3.32. The Morgan fingerprint density at radius 3 is 2.17 bits per heavy atom. The van der Waals surface area contributed by atoms with Crippen LogP contribution in [-0.2, 0) is 26.0 Å². The topological polar surface area (TPSA) is 47.9 Å². The van der Waals surface area contributed by atoms with Crippen LogP contribution in [0.15, 0.2) is 29.3 Å². The van der Waals surface area contributed by atoms with Crippen molar-refractivity contribution in [1.82, 2.24) is 0 Å². The molecule has 4 nitrogen and oxygen atoms in total. The SMILES string of the molecule is COC(=O)[C@@H]1N=CO[C@@]1(c1ccc(C(F)(F)F)cc1)C(F)(F)F. The molecule has 1 aliphatic rings. The van der Waals surface area contributed by atoms with Crippen molar-refractivity contribution >= 4 is 12.4 Å². The maximum absolute atomic E-state index is 13.5. The predicted molar refractivity (Wildman–Crippen MR) is 64.6 cm³/mol. The van der Waals surface area contributed by atoms with E-state index in [1.165, 1.54) is 0 Å². The molecule has 0 aromatic heterocycles. The Kier molecular flexibility index (Phi) is 4.03. The number of carbonyl (C=O) groups is 1. The van der Waals surface area contributed by atoms with Crippen molar-refractivity contribution in [2.45, 2.75) is 24.0 Å². The van der Waals surface area contributed by atoms with Crippen molar-refractivity contribution in [3.05, 3.63) is 35.4 Å². The molecule has 23 heavy (non-hydrogen) atoms. The lowest BCUT2D eigenvalue weighted by Crippen LogP contribution is -2.53. The van der Waals surface area contributed by atoms with Crippen LogP contribution < -0.4 is 0 Å². The molecule has 126 valence electrons. The van der Waals surface area contributed by atoms with Gasteiger partial charge in [0.15, 0.2) is 6.40 Å². The number of esters is 1. The molecule has 2 rings (SSSR count). The molecule has 0 unspecified atom stereocenters. The maximum atomic E-state index is 13.5. The lowest BCUT2D eigenvalue weighted by molar-refractivity contribution is -0.259. The fraction of sp³-hybridized carbons (Fsp3) is 0.385. The zero-order valence-electron chi connectivity index (χ0n) is 11.4. The summed E-state index contributed by atoms with van der Waals surface area (Å²) in [4.78, 5) is 14.9. The average Bonchev–Trinajstić information content (AvgIpc) is 2.91. The number of aliphatic imine (C=N–C) groups is 1. The highest BCUT2D eigenvalue weighted by Gasteiger charge is 2.67. The van der Waals surface area contributed by atoms with Gasteiger partial charge >= 0.3 is 18.3 Å². The second-order valence-electron chi connectivity index (χ2n) is 4.61. The number of methoxy groups -OCH3 is 1. The van der Waals surface area contributed by atoms with Gasteiger partial charge in [-0.15, -0.1) is 0 Å². The summed E-state index contributed by atoms with van der Waals surface area (Å²) in [6.07, 6.45) is -9.40. The van der Waals surface area contributed by atoms with Gasteiger partial charge in [0, 0.05) is 5.56 Å². The van der Waals surface area contributed by atoms with E-state index in [-0.39, 0.29) is 0 Å². The summed E-state index contributed by atoms with van der Waals surface area (Å²) < 4.78 is 87.1. The number of rotatable bonds is 2. The summed E-state index contributed by atoms with van der Waals surface area (Å²) in [6, 6.07) is 0.0313. The smallest absolute Gasteiger partial charge is 0.435 e. The van der Waals surface area contributed by atoms with Crippen molar-refractivity contribution in [3.8, 4) is 0 Å². The minimum atomic E-state index is -5.12. The highest BCUT2D eigenvalue weighted by atomic mass is 19.4. The third-order valence-corrected chi connectivity index (χ3v) is 3.32. The fourth-order valence-electron chi connectivity index (χ4n) is 2.20. The maximum Gasteiger partial charge on any atom is 0.435 e. The van der Waals surface area contributed by atoms with Crippen LogP contribution in [0.25, 0.3) is 0 Å². The molecule has 0 N–H and O–H groups in total. The molecule has 0 saturated heterocycles. The number of benzene rings is 1. The Hall–Kier alpha value is -2.26. The van der Waals surface area contributed by atoms with Gasteiger partial charge in [0.25, 0.3) is 5.60 Å². The van der Waals surface area contributed by atoms with E-state index in [0.717, 1.165) is 7.11 Å². The molecule has 2 atom stereocenters. The van der Waals surface area contributed by atoms with Crippen LogP contribution in [0.2, 0.25) is 0 Å². The van der Waals surface area contributed by atoms with Crippen LogP contribution in [-0.4, -0.2) is 31.7 Å². The molecule has 1 aliphatic heterocycles. The summed E-state index contributed by atoms with van der Waals surface area (Å²) in [7, 11) is 0.865. The molecule has 0 aliphatic carbocycles. The number of hydrogen-bond donors (Lipinski definition) is 0. The van der Waals surface area contributed by atoms with Crippen LogP contribution in [0.5, 0.6) is 0 Å². The van der Waals surface area contributed by atoms with E-state index in [1.54, 1.807) is 0 Å². The van der Waals surface area contributed by atoms with Gasteiger partial charge in [-0.05, 0) is 12.1 Å². The number of alkyl halides is 6.